The molecule has 0 aromatic heterocycles. The molecule has 0 bridgehead atoms. The second kappa shape index (κ2) is 35.1. The quantitative estimate of drug-likeness (QED) is 0.513. The van der Waals surface area contributed by atoms with Crippen molar-refractivity contribution in [2.75, 3.05) is 7.11 Å². The van der Waals surface area contributed by atoms with Gasteiger partial charge in [0.15, 0.2) is 0 Å². The first-order valence-electron chi connectivity index (χ1n) is 0.447. The van der Waals surface area contributed by atoms with E-state index in [2.05, 4.69) is 0 Å². The minimum absolute atomic E-state index is 0. The van der Waals surface area contributed by atoms with Gasteiger partial charge in [0.1, 0.15) is 0 Å². The molecule has 3 heteroatoms. The SMILES string of the molecule is CO.[NH2-].[Y]. The molecule has 3 N–H and O–H groups in total. The van der Waals surface area contributed by atoms with Crippen molar-refractivity contribution in [3.63, 3.8) is 0 Å². The molecular weight excluding hydrogens is 131 g/mol. The zero-order chi connectivity index (χ0) is 2.00. The summed E-state index contributed by atoms with van der Waals surface area (Å²) in [7, 11) is 1.00. The molecule has 0 aromatic rings. The molecule has 0 aliphatic carbocycles. The van der Waals surface area contributed by atoms with Crippen LogP contribution in [0.25, 0.3) is 6.15 Å². The second-order valence-electron chi connectivity index (χ2n) is 0. The number of aliphatic hydroxyl groups is 1. The van der Waals surface area contributed by atoms with E-state index in [1.165, 1.54) is 0 Å². The van der Waals surface area contributed by atoms with Gasteiger partial charge in [-0.25, -0.2) is 0 Å². The van der Waals surface area contributed by atoms with Crippen LogP contribution in [-0.4, -0.2) is 12.2 Å². The second-order valence-corrected chi connectivity index (χ2v) is 0. The Morgan fingerprint density at radius 1 is 1.25 bits per heavy atom. The van der Waals surface area contributed by atoms with Gasteiger partial charge in [-0.05, 0) is 0 Å². The molecular formula is CH6NOY-. The first kappa shape index (κ1) is 19.9. The van der Waals surface area contributed by atoms with Crippen LogP contribution in [0.1, 0.15) is 0 Å². The molecule has 0 unspecified atom stereocenters. The topological polar surface area (TPSA) is 53.7 Å². The summed E-state index contributed by atoms with van der Waals surface area (Å²) in [5, 5.41) is 7.00. The smallest absolute Gasteiger partial charge is 0.0319 e. The van der Waals surface area contributed by atoms with Gasteiger partial charge in [-0.3, -0.25) is 0 Å². The number of hydrogen-bond acceptors (Lipinski definition) is 1. The standard InChI is InChI=1S/CH4O.H2N.Y/c1-2;;/h2H,1H3;1H2;/q;-1;. The predicted octanol–water partition coefficient (Wildman–Crippen LogP) is 0.323. The van der Waals surface area contributed by atoms with Crippen LogP contribution < -0.4 is 0 Å². The average Bonchev–Trinajstić information content (AvgIpc) is 1.00. The monoisotopic (exact) mass is 137 g/mol. The predicted molar refractivity (Wildman–Crippen MR) is 13.4 cm³/mol. The van der Waals surface area contributed by atoms with Crippen molar-refractivity contribution in [2.45, 2.75) is 0 Å². The van der Waals surface area contributed by atoms with E-state index in [4.69, 9.17) is 5.11 Å². The Kier molecular flexibility index (Phi) is 174. The molecule has 0 aliphatic rings. The largest absolute Gasteiger partial charge is 0.693 e. The van der Waals surface area contributed by atoms with Crippen molar-refractivity contribution < 1.29 is 37.8 Å². The van der Waals surface area contributed by atoms with Gasteiger partial charge in [0.2, 0.25) is 0 Å². The van der Waals surface area contributed by atoms with Crippen molar-refractivity contribution in [3.8, 4) is 0 Å². The van der Waals surface area contributed by atoms with Crippen molar-refractivity contribution in [3.05, 3.63) is 6.15 Å². The summed E-state index contributed by atoms with van der Waals surface area (Å²) in [6.45, 7) is 0. The fourth-order valence-electron chi connectivity index (χ4n) is 0. The molecule has 4 heavy (non-hydrogen) atoms. The van der Waals surface area contributed by atoms with E-state index in [0.717, 1.165) is 7.11 Å². The summed E-state index contributed by atoms with van der Waals surface area (Å²) >= 11 is 0. The van der Waals surface area contributed by atoms with Gasteiger partial charge >= 0.3 is 0 Å². The van der Waals surface area contributed by atoms with E-state index in [0.29, 0.717) is 0 Å². The van der Waals surface area contributed by atoms with E-state index in [1.54, 1.807) is 0 Å². The minimum atomic E-state index is 0. The third-order valence-corrected chi connectivity index (χ3v) is 0. The van der Waals surface area contributed by atoms with Crippen LogP contribution >= 0.6 is 0 Å². The van der Waals surface area contributed by atoms with E-state index >= 15 is 0 Å². The molecule has 0 fully saturated rings. The molecule has 25 valence electrons. The molecule has 0 heterocycles. The van der Waals surface area contributed by atoms with Crippen LogP contribution in [0.4, 0.5) is 0 Å². The summed E-state index contributed by atoms with van der Waals surface area (Å²) in [5.74, 6) is 0. The molecule has 1 radical (unpaired) electrons. The first-order chi connectivity index (χ1) is 1.00. The summed E-state index contributed by atoms with van der Waals surface area (Å²) in [5.41, 5.74) is 0. The molecule has 0 aromatic carbocycles. The maximum absolute atomic E-state index is 7.00. The van der Waals surface area contributed by atoms with Gasteiger partial charge in [-0.1, -0.05) is 0 Å². The Bertz CT molecular complexity index is 8.00. The average molecular weight is 137 g/mol. The van der Waals surface area contributed by atoms with Crippen molar-refractivity contribution in [1.29, 1.82) is 0 Å². The van der Waals surface area contributed by atoms with E-state index in [1.807, 2.05) is 0 Å². The van der Waals surface area contributed by atoms with Gasteiger partial charge in [-0.2, -0.15) is 0 Å². The summed E-state index contributed by atoms with van der Waals surface area (Å²) in [6.07, 6.45) is 0. The van der Waals surface area contributed by atoms with E-state index in [9.17, 15) is 0 Å². The van der Waals surface area contributed by atoms with E-state index < -0.39 is 0 Å². The Labute approximate surface area is 51.1 Å². The summed E-state index contributed by atoms with van der Waals surface area (Å²) in [4.78, 5) is 0. The Morgan fingerprint density at radius 3 is 1.25 bits per heavy atom. The zero-order valence-corrected chi connectivity index (χ0v) is 5.44. The Morgan fingerprint density at radius 2 is 1.25 bits per heavy atom. The number of nitrogens with two attached hydrogens (primary N) is 1. The number of hydrogen-bond donors (Lipinski definition) is 1. The van der Waals surface area contributed by atoms with Gasteiger partial charge in [-0.15, -0.1) is 0 Å². The van der Waals surface area contributed by atoms with Gasteiger partial charge in [0, 0.05) is 39.8 Å². The number of aliphatic hydroxyl groups excluding tert-OH is 1. The van der Waals surface area contributed by atoms with Crippen LogP contribution in [0.2, 0.25) is 0 Å². The van der Waals surface area contributed by atoms with Crippen LogP contribution in [-0.2, 0) is 32.7 Å². The molecule has 0 atom stereocenters. The van der Waals surface area contributed by atoms with Crippen LogP contribution in [0.3, 0.4) is 0 Å². The van der Waals surface area contributed by atoms with Crippen molar-refractivity contribution in [2.24, 2.45) is 0 Å². The fraction of sp³-hybridized carbons (Fsp3) is 1.00. The molecule has 0 aliphatic heterocycles. The zero-order valence-electron chi connectivity index (χ0n) is 2.60. The van der Waals surface area contributed by atoms with Crippen molar-refractivity contribution >= 4 is 0 Å². The van der Waals surface area contributed by atoms with Crippen LogP contribution in [0.15, 0.2) is 0 Å². The fourth-order valence-corrected chi connectivity index (χ4v) is 0. The van der Waals surface area contributed by atoms with Gasteiger partial charge in [0.25, 0.3) is 0 Å². The molecule has 2 nitrogen and oxygen atoms in total. The molecule has 0 spiro atoms. The maximum atomic E-state index is 7.00. The van der Waals surface area contributed by atoms with E-state index in [-0.39, 0.29) is 38.9 Å². The molecule has 0 saturated heterocycles. The molecule has 0 amide bonds. The van der Waals surface area contributed by atoms with Gasteiger partial charge in [0.05, 0.1) is 0 Å². The third-order valence-electron chi connectivity index (χ3n) is 0. The molecule has 0 rings (SSSR count). The Hall–Kier alpha value is 1.02. The summed E-state index contributed by atoms with van der Waals surface area (Å²) < 4.78 is 0. The van der Waals surface area contributed by atoms with Crippen LogP contribution in [0.5, 0.6) is 0 Å². The maximum Gasteiger partial charge on any atom is 0.0319 e. The number of rotatable bonds is 0. The Balaban J connectivity index is -0.00000000500. The minimum Gasteiger partial charge on any atom is -0.693 e. The normalized spacial score (nSPS) is 1.50. The van der Waals surface area contributed by atoms with Crippen molar-refractivity contribution in [1.82, 2.24) is 0 Å². The molecule has 0 saturated carbocycles. The summed E-state index contributed by atoms with van der Waals surface area (Å²) in [6, 6.07) is 0. The first-order valence-corrected chi connectivity index (χ1v) is 0.447. The van der Waals surface area contributed by atoms with Crippen LogP contribution in [0, 0.1) is 0 Å². The van der Waals surface area contributed by atoms with Gasteiger partial charge < -0.3 is 11.3 Å². The third kappa shape index (κ3) is 11.8.